The number of aryl methyl sites for hydroxylation is 1. The van der Waals surface area contributed by atoms with Crippen LogP contribution in [0.5, 0.6) is 5.75 Å². The number of carbonyl (C=O) groups is 1. The van der Waals surface area contributed by atoms with Crippen LogP contribution < -0.4 is 10.1 Å². The first-order valence-corrected chi connectivity index (χ1v) is 12.9. The SMILES string of the molecule is COc1ccc(C#N)cc1-c1cc(C)ncc1C(=O)Nc1nc2ccc(-c3ccc([C@@H](C)C#N)cc3)nc2s1. The summed E-state index contributed by atoms with van der Waals surface area (Å²) < 4.78 is 5.51. The summed E-state index contributed by atoms with van der Waals surface area (Å²) in [4.78, 5) is 27.7. The van der Waals surface area contributed by atoms with E-state index in [2.05, 4.69) is 27.4 Å². The minimum atomic E-state index is -0.386. The zero-order valence-electron chi connectivity index (χ0n) is 21.4. The van der Waals surface area contributed by atoms with Crippen LogP contribution >= 0.6 is 11.3 Å². The van der Waals surface area contributed by atoms with Gasteiger partial charge in [0.25, 0.3) is 5.91 Å². The summed E-state index contributed by atoms with van der Waals surface area (Å²) in [7, 11) is 1.54. The average molecular weight is 531 g/mol. The lowest BCUT2D eigenvalue weighted by molar-refractivity contribution is 0.102. The molecule has 0 saturated carbocycles. The molecule has 0 spiro atoms. The van der Waals surface area contributed by atoms with E-state index < -0.39 is 0 Å². The Morgan fingerprint density at radius 3 is 2.54 bits per heavy atom. The fourth-order valence-electron chi connectivity index (χ4n) is 4.16. The number of benzene rings is 2. The lowest BCUT2D eigenvalue weighted by Crippen LogP contribution is -2.14. The van der Waals surface area contributed by atoms with Gasteiger partial charge in [0.1, 0.15) is 16.1 Å². The van der Waals surface area contributed by atoms with Gasteiger partial charge in [0.05, 0.1) is 42.0 Å². The van der Waals surface area contributed by atoms with E-state index in [1.807, 2.05) is 50.2 Å². The number of aromatic nitrogens is 3. The van der Waals surface area contributed by atoms with Gasteiger partial charge in [-0.15, -0.1) is 0 Å². The van der Waals surface area contributed by atoms with Crippen LogP contribution in [-0.4, -0.2) is 28.0 Å². The van der Waals surface area contributed by atoms with E-state index in [-0.39, 0.29) is 11.8 Å². The molecule has 39 heavy (non-hydrogen) atoms. The highest BCUT2D eigenvalue weighted by atomic mass is 32.1. The molecule has 8 nitrogen and oxygen atoms in total. The van der Waals surface area contributed by atoms with Crippen LogP contribution in [0.4, 0.5) is 5.13 Å². The van der Waals surface area contributed by atoms with E-state index in [4.69, 9.17) is 15.0 Å². The first-order chi connectivity index (χ1) is 18.9. The molecule has 9 heteroatoms. The molecule has 0 bridgehead atoms. The van der Waals surface area contributed by atoms with E-state index in [9.17, 15) is 10.1 Å². The Kier molecular flexibility index (Phi) is 7.00. The second kappa shape index (κ2) is 10.7. The summed E-state index contributed by atoms with van der Waals surface area (Å²) in [5, 5.41) is 21.8. The molecule has 2 aromatic carbocycles. The first kappa shape index (κ1) is 25.5. The highest BCUT2D eigenvalue weighted by Crippen LogP contribution is 2.35. The Labute approximate surface area is 229 Å². The van der Waals surface area contributed by atoms with Gasteiger partial charge in [-0.1, -0.05) is 35.6 Å². The molecule has 190 valence electrons. The smallest absolute Gasteiger partial charge is 0.259 e. The molecule has 1 atom stereocenters. The molecule has 5 rings (SSSR count). The second-order valence-corrected chi connectivity index (χ2v) is 9.84. The number of anilines is 1. The van der Waals surface area contributed by atoms with Crippen molar-refractivity contribution in [3.8, 4) is 40.3 Å². The lowest BCUT2D eigenvalue weighted by Gasteiger charge is -2.13. The molecule has 0 saturated heterocycles. The maximum atomic E-state index is 13.4. The van der Waals surface area contributed by atoms with Crippen molar-refractivity contribution < 1.29 is 9.53 Å². The van der Waals surface area contributed by atoms with E-state index in [1.165, 1.54) is 17.5 Å². The predicted molar refractivity (Wildman–Crippen MR) is 151 cm³/mol. The standard InChI is InChI=1S/C30H22N6O2S/c1-17(14-31)20-5-7-21(8-6-20)25-9-10-26-29(34-25)39-30(35-26)36-28(37)24-16-33-18(2)12-22(24)23-13-19(15-32)4-11-27(23)38-3/h4-13,16-17H,1-3H3,(H,35,36,37)/t17-/m0/s1. The van der Waals surface area contributed by atoms with Crippen LogP contribution in [0.2, 0.25) is 0 Å². The summed E-state index contributed by atoms with van der Waals surface area (Å²) in [6.07, 6.45) is 1.51. The molecule has 5 aromatic rings. The molecule has 0 unspecified atom stereocenters. The van der Waals surface area contributed by atoms with Gasteiger partial charge in [0.15, 0.2) is 5.13 Å². The summed E-state index contributed by atoms with van der Waals surface area (Å²) in [6.45, 7) is 3.70. The highest BCUT2D eigenvalue weighted by molar-refractivity contribution is 7.22. The second-order valence-electron chi connectivity index (χ2n) is 8.86. The Bertz CT molecular complexity index is 1800. The average Bonchev–Trinajstić information content (AvgIpc) is 3.37. The molecule has 0 fully saturated rings. The number of amides is 1. The number of nitrogens with one attached hydrogen (secondary N) is 1. The molecule has 3 heterocycles. The van der Waals surface area contributed by atoms with Crippen molar-refractivity contribution in [2.75, 3.05) is 12.4 Å². The third kappa shape index (κ3) is 5.17. The van der Waals surface area contributed by atoms with Crippen LogP contribution in [0.1, 0.15) is 40.0 Å². The van der Waals surface area contributed by atoms with Crippen molar-refractivity contribution in [2.45, 2.75) is 19.8 Å². The van der Waals surface area contributed by atoms with Crippen molar-refractivity contribution in [2.24, 2.45) is 0 Å². The maximum absolute atomic E-state index is 13.4. The van der Waals surface area contributed by atoms with Crippen molar-refractivity contribution >= 4 is 32.7 Å². The van der Waals surface area contributed by atoms with Crippen LogP contribution in [0.25, 0.3) is 32.7 Å². The van der Waals surface area contributed by atoms with Gasteiger partial charge in [-0.05, 0) is 55.8 Å². The largest absolute Gasteiger partial charge is 0.496 e. The highest BCUT2D eigenvalue weighted by Gasteiger charge is 2.19. The number of hydrogen-bond donors (Lipinski definition) is 1. The monoisotopic (exact) mass is 530 g/mol. The quantitative estimate of drug-likeness (QED) is 0.266. The zero-order valence-corrected chi connectivity index (χ0v) is 22.2. The zero-order chi connectivity index (χ0) is 27.5. The normalized spacial score (nSPS) is 11.4. The van der Waals surface area contributed by atoms with Gasteiger partial charge in [-0.3, -0.25) is 15.1 Å². The number of hydrogen-bond acceptors (Lipinski definition) is 8. The number of pyridine rings is 2. The third-order valence-electron chi connectivity index (χ3n) is 6.28. The summed E-state index contributed by atoms with van der Waals surface area (Å²) >= 11 is 1.27. The molecule has 1 N–H and O–H groups in total. The first-order valence-electron chi connectivity index (χ1n) is 12.0. The Morgan fingerprint density at radius 1 is 1.03 bits per heavy atom. The van der Waals surface area contributed by atoms with Crippen molar-refractivity contribution in [3.05, 3.63) is 89.2 Å². The minimum Gasteiger partial charge on any atom is -0.496 e. The van der Waals surface area contributed by atoms with Gasteiger partial charge in [0.2, 0.25) is 0 Å². The molecule has 0 aliphatic rings. The summed E-state index contributed by atoms with van der Waals surface area (Å²) in [5.74, 6) is -0.0216. The minimum absolute atomic E-state index is 0.178. The molecule has 3 aromatic heterocycles. The van der Waals surface area contributed by atoms with Crippen LogP contribution in [0.15, 0.2) is 66.9 Å². The number of ether oxygens (including phenoxy) is 1. The number of fused-ring (bicyclic) bond motifs is 1. The molecular weight excluding hydrogens is 508 g/mol. The van der Waals surface area contributed by atoms with Gasteiger partial charge < -0.3 is 4.74 Å². The number of rotatable bonds is 6. The molecular formula is C30H22N6O2S. The van der Waals surface area contributed by atoms with Crippen molar-refractivity contribution in [3.63, 3.8) is 0 Å². The molecule has 0 aliphatic carbocycles. The van der Waals surface area contributed by atoms with Crippen molar-refractivity contribution in [1.29, 1.82) is 10.5 Å². The van der Waals surface area contributed by atoms with E-state index in [0.717, 1.165) is 22.5 Å². The fourth-order valence-corrected chi connectivity index (χ4v) is 5.00. The predicted octanol–water partition coefficient (Wildman–Crippen LogP) is 6.49. The van der Waals surface area contributed by atoms with Gasteiger partial charge >= 0.3 is 0 Å². The van der Waals surface area contributed by atoms with Crippen molar-refractivity contribution in [1.82, 2.24) is 15.0 Å². The third-order valence-corrected chi connectivity index (χ3v) is 7.16. The lowest BCUT2D eigenvalue weighted by atomic mass is 9.97. The molecule has 0 radical (unpaired) electrons. The van der Waals surface area contributed by atoms with Gasteiger partial charge in [-0.2, -0.15) is 10.5 Å². The number of nitriles is 2. The fraction of sp³-hybridized carbons (Fsp3) is 0.133. The maximum Gasteiger partial charge on any atom is 0.259 e. The topological polar surface area (TPSA) is 125 Å². The molecule has 0 aliphatic heterocycles. The summed E-state index contributed by atoms with van der Waals surface area (Å²) in [5.41, 5.74) is 6.04. The van der Waals surface area contributed by atoms with Gasteiger partial charge in [0, 0.05) is 28.6 Å². The Hall–Kier alpha value is -5.12. The number of thiazole rings is 1. The van der Waals surface area contributed by atoms with Crippen LogP contribution in [-0.2, 0) is 0 Å². The van der Waals surface area contributed by atoms with E-state index >= 15 is 0 Å². The number of nitrogens with zero attached hydrogens (tertiary/aromatic N) is 5. The number of methoxy groups -OCH3 is 1. The van der Waals surface area contributed by atoms with Crippen LogP contribution in [0, 0.1) is 29.6 Å². The van der Waals surface area contributed by atoms with Crippen LogP contribution in [0.3, 0.4) is 0 Å². The van der Waals surface area contributed by atoms with E-state index in [1.54, 1.807) is 31.4 Å². The summed E-state index contributed by atoms with van der Waals surface area (Å²) in [6, 6.07) is 22.7. The molecule has 1 amide bonds. The van der Waals surface area contributed by atoms with E-state index in [0.29, 0.717) is 43.5 Å². The number of carbonyl (C=O) groups excluding carboxylic acids is 1. The van der Waals surface area contributed by atoms with Gasteiger partial charge in [-0.25, -0.2) is 9.97 Å². The Morgan fingerprint density at radius 2 is 1.82 bits per heavy atom. The Balaban J connectivity index is 1.45.